The van der Waals surface area contributed by atoms with Gasteiger partial charge in [-0.15, -0.1) is 0 Å². The Morgan fingerprint density at radius 2 is 1.55 bits per heavy atom. The molecule has 0 spiro atoms. The van der Waals surface area contributed by atoms with Crippen LogP contribution in [0.3, 0.4) is 0 Å². The Kier molecular flexibility index (Phi) is 6.91. The molecule has 1 fully saturated rings. The van der Waals surface area contributed by atoms with Crippen LogP contribution in [0.15, 0.2) is 30.3 Å². The molecule has 2 rings (SSSR count). The minimum absolute atomic E-state index is 0.252. The van der Waals surface area contributed by atoms with Gasteiger partial charge in [0.15, 0.2) is 0 Å². The van der Waals surface area contributed by atoms with Crippen molar-refractivity contribution in [3.63, 3.8) is 0 Å². The van der Waals surface area contributed by atoms with Gasteiger partial charge in [-0.1, -0.05) is 30.3 Å². The topological polar surface area (TPSA) is 24.1 Å². The lowest BCUT2D eigenvalue weighted by Gasteiger charge is -2.34. The second kappa shape index (κ2) is 8.69. The van der Waals surface area contributed by atoms with E-state index in [1.54, 1.807) is 0 Å². The van der Waals surface area contributed by atoms with Gasteiger partial charge in [0.25, 0.3) is 0 Å². The van der Waals surface area contributed by atoms with E-state index in [4.69, 9.17) is 0 Å². The summed E-state index contributed by atoms with van der Waals surface area (Å²) in [5.74, 6) is 0. The van der Waals surface area contributed by atoms with Crippen LogP contribution in [0, 0.1) is 0 Å². The van der Waals surface area contributed by atoms with E-state index >= 15 is 0 Å². The molecule has 22 heavy (non-hydrogen) atoms. The highest BCUT2D eigenvalue weighted by atomic mass is 15.0. The number of aryl methyl sites for hydroxylation is 1. The van der Waals surface area contributed by atoms with E-state index in [2.05, 4.69) is 61.7 Å². The zero-order valence-corrected chi connectivity index (χ0v) is 14.7. The van der Waals surface area contributed by atoms with Gasteiger partial charge in [-0.2, -0.15) is 0 Å². The van der Waals surface area contributed by atoms with Crippen LogP contribution in [0.5, 0.6) is 0 Å². The second-order valence-corrected chi connectivity index (χ2v) is 7.84. The molecule has 0 aliphatic heterocycles. The van der Waals surface area contributed by atoms with E-state index in [1.807, 2.05) is 0 Å². The van der Waals surface area contributed by atoms with E-state index in [-0.39, 0.29) is 5.54 Å². The summed E-state index contributed by atoms with van der Waals surface area (Å²) in [7, 11) is 0. The van der Waals surface area contributed by atoms with Gasteiger partial charge in [-0.3, -0.25) is 0 Å². The van der Waals surface area contributed by atoms with Crippen molar-refractivity contribution in [2.24, 2.45) is 0 Å². The summed E-state index contributed by atoms with van der Waals surface area (Å²) in [6, 6.07) is 12.3. The van der Waals surface area contributed by atoms with Gasteiger partial charge >= 0.3 is 0 Å². The van der Waals surface area contributed by atoms with Crippen molar-refractivity contribution in [3.8, 4) is 0 Å². The van der Waals surface area contributed by atoms with Crippen molar-refractivity contribution in [1.29, 1.82) is 0 Å². The van der Waals surface area contributed by atoms with E-state index in [9.17, 15) is 0 Å². The van der Waals surface area contributed by atoms with Gasteiger partial charge in [0.1, 0.15) is 0 Å². The first-order valence-corrected chi connectivity index (χ1v) is 9.08. The van der Waals surface area contributed by atoms with E-state index < -0.39 is 0 Å². The summed E-state index contributed by atoms with van der Waals surface area (Å²) in [4.78, 5) is 0. The molecular weight excluding hydrogens is 268 g/mol. The SMILES string of the molecule is CC(C)(C)NC1CCC(NCCCCc2ccccc2)CC1. The smallest absolute Gasteiger partial charge is 0.00990 e. The highest BCUT2D eigenvalue weighted by Crippen LogP contribution is 2.20. The molecule has 0 saturated heterocycles. The van der Waals surface area contributed by atoms with Gasteiger partial charge in [-0.25, -0.2) is 0 Å². The van der Waals surface area contributed by atoms with Crippen molar-refractivity contribution >= 4 is 0 Å². The number of benzene rings is 1. The van der Waals surface area contributed by atoms with Crippen LogP contribution < -0.4 is 10.6 Å². The van der Waals surface area contributed by atoms with E-state index in [0.29, 0.717) is 0 Å². The van der Waals surface area contributed by atoms with E-state index in [0.717, 1.165) is 12.1 Å². The lowest BCUT2D eigenvalue weighted by molar-refractivity contribution is 0.261. The standard InChI is InChI=1S/C20H34N2/c1-20(2,3)22-19-14-12-18(13-15-19)21-16-8-7-11-17-9-5-4-6-10-17/h4-6,9-10,18-19,21-22H,7-8,11-16H2,1-3H3. The zero-order valence-electron chi connectivity index (χ0n) is 14.7. The summed E-state index contributed by atoms with van der Waals surface area (Å²) in [5.41, 5.74) is 1.72. The van der Waals surface area contributed by atoms with E-state index in [1.165, 1.54) is 57.1 Å². The molecule has 1 aromatic rings. The van der Waals surface area contributed by atoms with Crippen molar-refractivity contribution in [3.05, 3.63) is 35.9 Å². The molecule has 0 unspecified atom stereocenters. The average Bonchev–Trinajstić information content (AvgIpc) is 2.48. The fourth-order valence-electron chi connectivity index (χ4n) is 3.46. The quantitative estimate of drug-likeness (QED) is 0.734. The number of hydrogen-bond donors (Lipinski definition) is 2. The summed E-state index contributed by atoms with van der Waals surface area (Å²) >= 11 is 0. The van der Waals surface area contributed by atoms with Gasteiger partial charge in [0, 0.05) is 17.6 Å². The highest BCUT2D eigenvalue weighted by molar-refractivity contribution is 5.14. The summed E-state index contributed by atoms with van der Waals surface area (Å²) in [6.07, 6.45) is 9.08. The molecule has 1 aliphatic carbocycles. The first-order chi connectivity index (χ1) is 10.5. The lowest BCUT2D eigenvalue weighted by Crippen LogP contribution is -2.47. The molecule has 0 heterocycles. The largest absolute Gasteiger partial charge is 0.314 e. The zero-order chi connectivity index (χ0) is 15.8. The van der Waals surface area contributed by atoms with Gasteiger partial charge < -0.3 is 10.6 Å². The number of rotatable bonds is 7. The van der Waals surface area contributed by atoms with Crippen LogP contribution in [-0.4, -0.2) is 24.2 Å². The van der Waals surface area contributed by atoms with Crippen LogP contribution in [-0.2, 0) is 6.42 Å². The molecule has 2 N–H and O–H groups in total. The molecule has 0 amide bonds. The Morgan fingerprint density at radius 1 is 0.909 bits per heavy atom. The van der Waals surface area contributed by atoms with Crippen LogP contribution in [0.2, 0.25) is 0 Å². The third kappa shape index (κ3) is 6.93. The maximum atomic E-state index is 3.76. The van der Waals surface area contributed by atoms with Crippen LogP contribution >= 0.6 is 0 Å². The first kappa shape index (κ1) is 17.5. The maximum Gasteiger partial charge on any atom is 0.00990 e. The summed E-state index contributed by atoms with van der Waals surface area (Å²) < 4.78 is 0. The minimum atomic E-state index is 0.252. The Hall–Kier alpha value is -0.860. The molecule has 0 atom stereocenters. The maximum absolute atomic E-state index is 3.76. The van der Waals surface area contributed by atoms with Gasteiger partial charge in [0.2, 0.25) is 0 Å². The van der Waals surface area contributed by atoms with Crippen molar-refractivity contribution < 1.29 is 0 Å². The van der Waals surface area contributed by atoms with Crippen molar-refractivity contribution in [1.82, 2.24) is 10.6 Å². The normalized spacial score (nSPS) is 22.7. The Labute approximate surface area is 137 Å². The number of unbranched alkanes of at least 4 members (excludes halogenated alkanes) is 1. The van der Waals surface area contributed by atoms with Crippen LogP contribution in [0.1, 0.15) is 64.9 Å². The predicted molar refractivity (Wildman–Crippen MR) is 96.3 cm³/mol. The average molecular weight is 303 g/mol. The lowest BCUT2D eigenvalue weighted by atomic mass is 9.89. The third-order valence-electron chi connectivity index (χ3n) is 4.53. The minimum Gasteiger partial charge on any atom is -0.314 e. The Balaban J connectivity index is 1.52. The molecule has 1 aliphatic rings. The fourth-order valence-corrected chi connectivity index (χ4v) is 3.46. The summed E-state index contributed by atoms with van der Waals surface area (Å²) in [6.45, 7) is 7.98. The molecule has 0 aromatic heterocycles. The highest BCUT2D eigenvalue weighted by Gasteiger charge is 2.23. The van der Waals surface area contributed by atoms with Gasteiger partial charge in [-0.05, 0) is 77.8 Å². The Morgan fingerprint density at radius 3 is 2.18 bits per heavy atom. The monoisotopic (exact) mass is 302 g/mol. The Bertz CT molecular complexity index is 399. The number of hydrogen-bond acceptors (Lipinski definition) is 2. The second-order valence-electron chi connectivity index (χ2n) is 7.84. The summed E-state index contributed by atoms with van der Waals surface area (Å²) in [5, 5.41) is 7.51. The molecule has 1 saturated carbocycles. The number of nitrogens with one attached hydrogen (secondary N) is 2. The predicted octanol–water partition coefficient (Wildman–Crippen LogP) is 4.30. The molecule has 0 bridgehead atoms. The van der Waals surface area contributed by atoms with Gasteiger partial charge in [0.05, 0.1) is 0 Å². The fraction of sp³-hybridized carbons (Fsp3) is 0.700. The van der Waals surface area contributed by atoms with Crippen LogP contribution in [0.4, 0.5) is 0 Å². The first-order valence-electron chi connectivity index (χ1n) is 9.08. The van der Waals surface area contributed by atoms with Crippen molar-refractivity contribution in [2.45, 2.75) is 83.3 Å². The molecule has 2 heteroatoms. The third-order valence-corrected chi connectivity index (χ3v) is 4.53. The molecule has 1 aromatic carbocycles. The molecular formula is C20H34N2. The van der Waals surface area contributed by atoms with Crippen molar-refractivity contribution in [2.75, 3.05) is 6.54 Å². The molecule has 0 radical (unpaired) electrons. The molecule has 2 nitrogen and oxygen atoms in total. The molecule has 124 valence electrons. The van der Waals surface area contributed by atoms with Crippen LogP contribution in [0.25, 0.3) is 0 Å².